The van der Waals surface area contributed by atoms with E-state index in [9.17, 15) is 0 Å². The van der Waals surface area contributed by atoms with Crippen molar-refractivity contribution in [3.8, 4) is 5.75 Å². The van der Waals surface area contributed by atoms with E-state index in [0.717, 1.165) is 30.7 Å². The molecule has 0 radical (unpaired) electrons. The Kier molecular flexibility index (Phi) is 4.20. The molecule has 0 amide bonds. The zero-order valence-corrected chi connectivity index (χ0v) is 12.2. The number of fused-ring (bicyclic) bond motifs is 1. The van der Waals surface area contributed by atoms with Gasteiger partial charge in [-0.1, -0.05) is 35.5 Å². The Balaban J connectivity index is 1.75. The molecular weight excluding hydrogens is 262 g/mol. The van der Waals surface area contributed by atoms with Gasteiger partial charge in [0.1, 0.15) is 19.5 Å². The molecule has 0 bridgehead atoms. The monoisotopic (exact) mass is 281 g/mol. The Morgan fingerprint density at radius 1 is 1.05 bits per heavy atom. The molecule has 3 nitrogen and oxygen atoms in total. The van der Waals surface area contributed by atoms with E-state index in [-0.39, 0.29) is 0 Å². The summed E-state index contributed by atoms with van der Waals surface area (Å²) in [6.07, 6.45) is 3.16. The van der Waals surface area contributed by atoms with Gasteiger partial charge in [0.15, 0.2) is 0 Å². The smallest absolute Gasteiger partial charge is 0.120 e. The highest BCUT2D eigenvalue weighted by Crippen LogP contribution is 2.26. The van der Waals surface area contributed by atoms with Gasteiger partial charge in [-0.3, -0.25) is 0 Å². The Morgan fingerprint density at radius 3 is 2.71 bits per heavy atom. The number of nitrogens with zero attached hydrogens (tertiary/aromatic N) is 1. The average molecular weight is 281 g/mol. The van der Waals surface area contributed by atoms with Gasteiger partial charge in [0.25, 0.3) is 0 Å². The van der Waals surface area contributed by atoms with Crippen LogP contribution in [0.25, 0.3) is 0 Å². The molecule has 3 heteroatoms. The van der Waals surface area contributed by atoms with Crippen LogP contribution in [0.1, 0.15) is 29.5 Å². The van der Waals surface area contributed by atoms with Crippen molar-refractivity contribution in [1.82, 2.24) is 0 Å². The second kappa shape index (κ2) is 6.44. The molecule has 0 N–H and O–H groups in total. The first-order valence-corrected chi connectivity index (χ1v) is 7.27. The molecule has 0 saturated heterocycles. The van der Waals surface area contributed by atoms with Crippen molar-refractivity contribution in [2.75, 3.05) is 7.11 Å². The summed E-state index contributed by atoms with van der Waals surface area (Å²) in [5.74, 6) is 0.913. The number of oxime groups is 1. The molecule has 1 aliphatic carbocycles. The number of aryl methyl sites for hydroxylation is 1. The fraction of sp³-hybridized carbons (Fsp3) is 0.278. The standard InChI is InChI=1S/C18H19NO2/c1-20-19-18-9-5-8-15-12-16(10-11-17(15)18)21-13-14-6-3-2-4-7-14/h2-4,6-7,10-12H,5,8-9,13H2,1H3/b19-18+. The summed E-state index contributed by atoms with van der Waals surface area (Å²) < 4.78 is 5.88. The molecule has 2 aromatic rings. The molecule has 21 heavy (non-hydrogen) atoms. The number of hydrogen-bond donors (Lipinski definition) is 0. The molecule has 0 spiro atoms. The van der Waals surface area contributed by atoms with Crippen LogP contribution in [-0.4, -0.2) is 12.8 Å². The van der Waals surface area contributed by atoms with Gasteiger partial charge >= 0.3 is 0 Å². The first-order valence-electron chi connectivity index (χ1n) is 7.27. The van der Waals surface area contributed by atoms with Gasteiger partial charge in [0.2, 0.25) is 0 Å². The quantitative estimate of drug-likeness (QED) is 0.794. The lowest BCUT2D eigenvalue weighted by atomic mass is 9.90. The van der Waals surface area contributed by atoms with Crippen molar-refractivity contribution < 1.29 is 9.57 Å². The predicted octanol–water partition coefficient (Wildman–Crippen LogP) is 3.95. The first kappa shape index (κ1) is 13.7. The van der Waals surface area contributed by atoms with Crippen LogP contribution < -0.4 is 4.74 Å². The van der Waals surface area contributed by atoms with E-state index in [1.807, 2.05) is 24.3 Å². The molecule has 0 atom stereocenters. The van der Waals surface area contributed by atoms with Crippen molar-refractivity contribution in [3.63, 3.8) is 0 Å². The van der Waals surface area contributed by atoms with Crippen molar-refractivity contribution in [2.45, 2.75) is 25.9 Å². The fourth-order valence-electron chi connectivity index (χ4n) is 2.68. The van der Waals surface area contributed by atoms with E-state index >= 15 is 0 Å². The first-order chi connectivity index (χ1) is 10.4. The molecule has 0 heterocycles. The maximum absolute atomic E-state index is 5.88. The van der Waals surface area contributed by atoms with E-state index in [1.165, 1.54) is 16.7 Å². The molecule has 0 aliphatic heterocycles. The van der Waals surface area contributed by atoms with Gasteiger partial charge in [0.05, 0.1) is 5.71 Å². The summed E-state index contributed by atoms with van der Waals surface area (Å²) in [6, 6.07) is 16.4. The largest absolute Gasteiger partial charge is 0.489 e. The van der Waals surface area contributed by atoms with Gasteiger partial charge in [-0.2, -0.15) is 0 Å². The normalized spacial score (nSPS) is 15.6. The van der Waals surface area contributed by atoms with Crippen LogP contribution >= 0.6 is 0 Å². The van der Waals surface area contributed by atoms with Gasteiger partial charge < -0.3 is 9.57 Å². The lowest BCUT2D eigenvalue weighted by molar-refractivity contribution is 0.212. The summed E-state index contributed by atoms with van der Waals surface area (Å²) in [4.78, 5) is 4.93. The van der Waals surface area contributed by atoms with Crippen molar-refractivity contribution >= 4 is 5.71 Å². The third kappa shape index (κ3) is 3.24. The highest BCUT2D eigenvalue weighted by atomic mass is 16.6. The van der Waals surface area contributed by atoms with Gasteiger partial charge in [-0.05, 0) is 48.6 Å². The summed E-state index contributed by atoms with van der Waals surface area (Å²) in [5.41, 5.74) is 4.70. The van der Waals surface area contributed by atoms with E-state index in [1.54, 1.807) is 7.11 Å². The Morgan fingerprint density at radius 2 is 1.90 bits per heavy atom. The molecule has 0 unspecified atom stereocenters. The van der Waals surface area contributed by atoms with Crippen LogP contribution in [0.2, 0.25) is 0 Å². The second-order valence-electron chi connectivity index (χ2n) is 5.17. The van der Waals surface area contributed by atoms with Crippen LogP contribution in [0.5, 0.6) is 5.75 Å². The fourth-order valence-corrected chi connectivity index (χ4v) is 2.68. The number of ether oxygens (including phenoxy) is 1. The SMILES string of the molecule is CO/N=C1\CCCc2cc(OCc3ccccc3)ccc21. The maximum Gasteiger partial charge on any atom is 0.120 e. The molecule has 0 fully saturated rings. The molecule has 1 aliphatic rings. The van der Waals surface area contributed by atoms with Crippen molar-refractivity contribution in [1.29, 1.82) is 0 Å². The third-order valence-corrected chi connectivity index (χ3v) is 3.70. The Hall–Kier alpha value is -2.29. The highest BCUT2D eigenvalue weighted by Gasteiger charge is 2.16. The molecular formula is C18H19NO2. The van der Waals surface area contributed by atoms with Crippen LogP contribution in [0, 0.1) is 0 Å². The third-order valence-electron chi connectivity index (χ3n) is 3.70. The summed E-state index contributed by atoms with van der Waals surface area (Å²) in [7, 11) is 1.60. The average Bonchev–Trinajstić information content (AvgIpc) is 2.54. The second-order valence-corrected chi connectivity index (χ2v) is 5.17. The van der Waals surface area contributed by atoms with Crippen LogP contribution in [0.3, 0.4) is 0 Å². The highest BCUT2D eigenvalue weighted by molar-refractivity contribution is 6.02. The van der Waals surface area contributed by atoms with E-state index < -0.39 is 0 Å². The zero-order valence-electron chi connectivity index (χ0n) is 12.2. The van der Waals surface area contributed by atoms with E-state index in [2.05, 4.69) is 29.4 Å². The molecule has 2 aromatic carbocycles. The van der Waals surface area contributed by atoms with E-state index in [4.69, 9.17) is 9.57 Å². The zero-order chi connectivity index (χ0) is 14.5. The molecule has 0 saturated carbocycles. The molecule has 3 rings (SSSR count). The number of benzene rings is 2. The van der Waals surface area contributed by atoms with Gasteiger partial charge in [0, 0.05) is 5.56 Å². The minimum atomic E-state index is 0.596. The lowest BCUT2D eigenvalue weighted by Crippen LogP contribution is -2.12. The minimum absolute atomic E-state index is 0.596. The summed E-state index contributed by atoms with van der Waals surface area (Å²) >= 11 is 0. The summed E-state index contributed by atoms with van der Waals surface area (Å²) in [6.45, 7) is 0.596. The van der Waals surface area contributed by atoms with Gasteiger partial charge in [-0.25, -0.2) is 0 Å². The van der Waals surface area contributed by atoms with Gasteiger partial charge in [-0.15, -0.1) is 0 Å². The molecule has 108 valence electrons. The predicted molar refractivity (Wildman–Crippen MR) is 83.7 cm³/mol. The van der Waals surface area contributed by atoms with E-state index in [0.29, 0.717) is 6.61 Å². The van der Waals surface area contributed by atoms with Crippen LogP contribution in [0.4, 0.5) is 0 Å². The van der Waals surface area contributed by atoms with Crippen LogP contribution in [-0.2, 0) is 17.9 Å². The van der Waals surface area contributed by atoms with Crippen LogP contribution in [0.15, 0.2) is 53.7 Å². The Labute approximate surface area is 125 Å². The topological polar surface area (TPSA) is 30.8 Å². The van der Waals surface area contributed by atoms with Crippen molar-refractivity contribution in [2.24, 2.45) is 5.16 Å². The van der Waals surface area contributed by atoms with Crippen molar-refractivity contribution in [3.05, 3.63) is 65.2 Å². The lowest BCUT2D eigenvalue weighted by Gasteiger charge is -2.18. The Bertz CT molecular complexity index is 635. The maximum atomic E-state index is 5.88. The summed E-state index contributed by atoms with van der Waals surface area (Å²) in [5, 5.41) is 4.12. The minimum Gasteiger partial charge on any atom is -0.489 e. The molecule has 0 aromatic heterocycles. The number of hydrogen-bond acceptors (Lipinski definition) is 3. The number of rotatable bonds is 4.